The number of hydrogen-bond acceptors (Lipinski definition) is 4. The van der Waals surface area contributed by atoms with Crippen LogP contribution in [0.5, 0.6) is 0 Å². The minimum absolute atomic E-state index is 0.326. The Morgan fingerprint density at radius 2 is 1.78 bits per heavy atom. The Morgan fingerprint density at radius 1 is 1.17 bits per heavy atom. The molecule has 102 valence electrons. The van der Waals surface area contributed by atoms with Crippen LogP contribution in [0.25, 0.3) is 0 Å². The van der Waals surface area contributed by atoms with E-state index >= 15 is 0 Å². The number of hydrogen-bond donors (Lipinski definition) is 2. The summed E-state index contributed by atoms with van der Waals surface area (Å²) in [5.74, 6) is 0. The summed E-state index contributed by atoms with van der Waals surface area (Å²) in [5, 5.41) is 4.46. The third-order valence-electron chi connectivity index (χ3n) is 2.59. The van der Waals surface area contributed by atoms with Gasteiger partial charge in [0.1, 0.15) is 0 Å². The summed E-state index contributed by atoms with van der Waals surface area (Å²) in [4.78, 5) is 2.78. The first kappa shape index (κ1) is 15.1. The number of nitrogens with zero attached hydrogens (tertiary/aromatic N) is 1. The van der Waals surface area contributed by atoms with E-state index in [1.807, 2.05) is 20.0 Å². The molecule has 0 aliphatic carbocycles. The lowest BCUT2D eigenvalue weighted by molar-refractivity contribution is 0.364. The lowest BCUT2D eigenvalue weighted by Crippen LogP contribution is -2.36. The van der Waals surface area contributed by atoms with Crippen LogP contribution < -0.4 is 10.1 Å². The quantitative estimate of drug-likeness (QED) is 0.777. The molecule has 0 amide bonds. The summed E-state index contributed by atoms with van der Waals surface area (Å²) in [5.41, 5.74) is 2.83. The second-order valence-corrected chi connectivity index (χ2v) is 6.19. The van der Waals surface area contributed by atoms with Gasteiger partial charge in [0.2, 0.25) is 0 Å². The summed E-state index contributed by atoms with van der Waals surface area (Å²) in [6, 6.07) is 3.63. The van der Waals surface area contributed by atoms with Crippen LogP contribution in [0.1, 0.15) is 16.7 Å². The van der Waals surface area contributed by atoms with Gasteiger partial charge in [-0.1, -0.05) is 6.07 Å². The third-order valence-corrected chi connectivity index (χ3v) is 4.22. The maximum atomic E-state index is 12.2. The van der Waals surface area contributed by atoms with E-state index in [0.717, 1.165) is 16.7 Å². The molecular weight excluding hydrogens is 250 g/mol. The Kier molecular flexibility index (Phi) is 4.86. The molecule has 0 heterocycles. The number of benzene rings is 1. The molecule has 1 rings (SSSR count). The van der Waals surface area contributed by atoms with E-state index in [2.05, 4.69) is 10.1 Å². The Hall–Kier alpha value is -0.950. The number of aryl methyl sites for hydroxylation is 2. The Balaban J connectivity index is 3.28. The van der Waals surface area contributed by atoms with Gasteiger partial charge in [-0.15, -0.1) is 4.83 Å². The van der Waals surface area contributed by atoms with Crippen molar-refractivity contribution in [2.24, 2.45) is 0 Å². The molecule has 18 heavy (non-hydrogen) atoms. The van der Waals surface area contributed by atoms with Crippen molar-refractivity contribution < 1.29 is 8.42 Å². The van der Waals surface area contributed by atoms with Crippen molar-refractivity contribution in [2.75, 3.05) is 21.1 Å². The summed E-state index contributed by atoms with van der Waals surface area (Å²) in [6.45, 7) is 4.44. The Bertz CT molecular complexity index is 524. The number of nitrogens with one attached hydrogen (secondary N) is 2. The Morgan fingerprint density at radius 3 is 2.28 bits per heavy atom. The minimum Gasteiger partial charge on any atom is -0.316 e. The van der Waals surface area contributed by atoms with Gasteiger partial charge in [-0.25, -0.2) is 13.4 Å². The van der Waals surface area contributed by atoms with Gasteiger partial charge in [0.15, 0.2) is 0 Å². The second kappa shape index (κ2) is 5.79. The minimum atomic E-state index is -3.50. The standard InChI is InChI=1S/C12H21N3O2S/c1-9-6-10(2)12(7-11(9)8-13-3)18(16,17)14-15(4)5/h6-7,13-14H,8H2,1-5H3. The monoisotopic (exact) mass is 271 g/mol. The molecule has 0 bridgehead atoms. The molecule has 0 radical (unpaired) electrons. The van der Waals surface area contributed by atoms with E-state index in [-0.39, 0.29) is 0 Å². The van der Waals surface area contributed by atoms with E-state index in [4.69, 9.17) is 0 Å². The van der Waals surface area contributed by atoms with Crippen LogP contribution in [0.2, 0.25) is 0 Å². The maximum absolute atomic E-state index is 12.2. The van der Waals surface area contributed by atoms with Gasteiger partial charge in [-0.3, -0.25) is 0 Å². The molecule has 0 aliphatic rings. The molecule has 5 nitrogen and oxygen atoms in total. The summed E-state index contributed by atoms with van der Waals surface area (Å²) < 4.78 is 24.3. The van der Waals surface area contributed by atoms with Crippen LogP contribution in [0.3, 0.4) is 0 Å². The molecule has 1 aromatic carbocycles. The van der Waals surface area contributed by atoms with E-state index in [1.54, 1.807) is 27.1 Å². The highest BCUT2D eigenvalue weighted by Gasteiger charge is 2.18. The predicted molar refractivity (Wildman–Crippen MR) is 72.7 cm³/mol. The average molecular weight is 271 g/mol. The average Bonchev–Trinajstić information content (AvgIpc) is 2.19. The van der Waals surface area contributed by atoms with Gasteiger partial charge in [0, 0.05) is 20.6 Å². The lowest BCUT2D eigenvalue weighted by atomic mass is 10.1. The number of rotatable bonds is 5. The smallest absolute Gasteiger partial charge is 0.253 e. The fraction of sp³-hybridized carbons (Fsp3) is 0.500. The first-order chi connectivity index (χ1) is 8.27. The molecule has 2 N–H and O–H groups in total. The zero-order valence-electron chi connectivity index (χ0n) is 11.5. The fourth-order valence-corrected chi connectivity index (χ4v) is 3.19. The SMILES string of the molecule is CNCc1cc(S(=O)(=O)NN(C)C)c(C)cc1C. The highest BCUT2D eigenvalue weighted by Crippen LogP contribution is 2.20. The molecule has 6 heteroatoms. The van der Waals surface area contributed by atoms with Crippen LogP contribution >= 0.6 is 0 Å². The van der Waals surface area contributed by atoms with E-state index in [0.29, 0.717) is 11.4 Å². The van der Waals surface area contributed by atoms with Crippen molar-refractivity contribution in [1.82, 2.24) is 15.2 Å². The number of hydrazine groups is 1. The van der Waals surface area contributed by atoms with Crippen LogP contribution in [0.4, 0.5) is 0 Å². The first-order valence-electron chi connectivity index (χ1n) is 5.72. The highest BCUT2D eigenvalue weighted by molar-refractivity contribution is 7.89. The molecule has 0 aliphatic heterocycles. The van der Waals surface area contributed by atoms with Gasteiger partial charge in [0.25, 0.3) is 10.0 Å². The molecule has 0 atom stereocenters. The normalized spacial score (nSPS) is 12.1. The molecule has 0 fully saturated rings. The summed E-state index contributed by atoms with van der Waals surface area (Å²) in [6.07, 6.45) is 0. The molecule has 1 aromatic rings. The van der Waals surface area contributed by atoms with Crippen molar-refractivity contribution in [3.05, 3.63) is 28.8 Å². The van der Waals surface area contributed by atoms with Gasteiger partial charge < -0.3 is 5.32 Å². The van der Waals surface area contributed by atoms with Crippen LogP contribution in [-0.4, -0.2) is 34.6 Å². The van der Waals surface area contributed by atoms with Crippen molar-refractivity contribution >= 4 is 10.0 Å². The summed E-state index contributed by atoms with van der Waals surface area (Å²) >= 11 is 0. The molecule has 0 unspecified atom stereocenters. The lowest BCUT2D eigenvalue weighted by Gasteiger charge is -2.16. The van der Waals surface area contributed by atoms with Gasteiger partial charge in [-0.2, -0.15) is 0 Å². The molecule has 0 saturated heterocycles. The van der Waals surface area contributed by atoms with Crippen LogP contribution in [0, 0.1) is 13.8 Å². The van der Waals surface area contributed by atoms with Gasteiger partial charge >= 0.3 is 0 Å². The van der Waals surface area contributed by atoms with Gasteiger partial charge in [-0.05, 0) is 43.7 Å². The predicted octanol–water partition coefficient (Wildman–Crippen LogP) is 0.778. The maximum Gasteiger partial charge on any atom is 0.253 e. The third kappa shape index (κ3) is 3.52. The highest BCUT2D eigenvalue weighted by atomic mass is 32.2. The van der Waals surface area contributed by atoms with Crippen LogP contribution in [0.15, 0.2) is 17.0 Å². The zero-order valence-corrected chi connectivity index (χ0v) is 12.4. The van der Waals surface area contributed by atoms with Crippen LogP contribution in [-0.2, 0) is 16.6 Å². The van der Waals surface area contributed by atoms with Crippen molar-refractivity contribution in [1.29, 1.82) is 0 Å². The Labute approximate surface area is 109 Å². The molecular formula is C12H21N3O2S. The second-order valence-electron chi connectivity index (χ2n) is 4.56. The first-order valence-corrected chi connectivity index (χ1v) is 7.20. The number of sulfonamides is 1. The van der Waals surface area contributed by atoms with Crippen molar-refractivity contribution in [3.63, 3.8) is 0 Å². The van der Waals surface area contributed by atoms with E-state index in [1.165, 1.54) is 5.01 Å². The fourth-order valence-electron chi connectivity index (χ4n) is 1.83. The van der Waals surface area contributed by atoms with E-state index < -0.39 is 10.0 Å². The topological polar surface area (TPSA) is 61.4 Å². The molecule has 0 spiro atoms. The van der Waals surface area contributed by atoms with E-state index in [9.17, 15) is 8.42 Å². The summed E-state index contributed by atoms with van der Waals surface area (Å²) in [7, 11) is 1.64. The van der Waals surface area contributed by atoms with Gasteiger partial charge in [0.05, 0.1) is 4.90 Å². The van der Waals surface area contributed by atoms with Crippen molar-refractivity contribution in [3.8, 4) is 0 Å². The zero-order chi connectivity index (χ0) is 13.9. The molecule has 0 aromatic heterocycles. The van der Waals surface area contributed by atoms with Crippen molar-refractivity contribution in [2.45, 2.75) is 25.3 Å². The largest absolute Gasteiger partial charge is 0.316 e. The molecule has 0 saturated carbocycles.